The summed E-state index contributed by atoms with van der Waals surface area (Å²) in [4.78, 5) is 21.5. The van der Waals surface area contributed by atoms with Gasteiger partial charge >= 0.3 is 5.97 Å². The summed E-state index contributed by atoms with van der Waals surface area (Å²) in [5.74, 6) is -1.21. The van der Waals surface area contributed by atoms with Crippen molar-refractivity contribution < 1.29 is 14.7 Å². The minimum absolute atomic E-state index is 0.0173. The third kappa shape index (κ3) is 4.40. The highest BCUT2D eigenvalue weighted by atomic mass is 32.1. The Balaban J connectivity index is 1.61. The molecule has 1 heterocycles. The van der Waals surface area contributed by atoms with Crippen molar-refractivity contribution in [2.24, 2.45) is 5.16 Å². The number of carboxylic acid groups (broad SMARTS) is 1. The molecule has 1 saturated carbocycles. The van der Waals surface area contributed by atoms with Crippen LogP contribution in [0, 0.1) is 0 Å². The number of aromatic nitrogens is 2. The minimum Gasteiger partial charge on any atom is -0.476 e. The van der Waals surface area contributed by atoms with Gasteiger partial charge in [0.2, 0.25) is 16.7 Å². The highest BCUT2D eigenvalue weighted by Crippen LogP contribution is 2.40. The van der Waals surface area contributed by atoms with Gasteiger partial charge in [0.05, 0.1) is 0 Å². The number of oxime groups is 1. The first kappa shape index (κ1) is 21.8. The number of hydrogen-bond acceptors (Lipinski definition) is 7. The largest absolute Gasteiger partial charge is 0.476 e. The maximum atomic E-state index is 11.8. The van der Waals surface area contributed by atoms with E-state index in [-0.39, 0.29) is 17.6 Å². The molecule has 3 aromatic carbocycles. The van der Waals surface area contributed by atoms with Crippen LogP contribution in [0.5, 0.6) is 0 Å². The van der Waals surface area contributed by atoms with Crippen molar-refractivity contribution in [3.63, 3.8) is 0 Å². The van der Waals surface area contributed by atoms with E-state index in [1.165, 1.54) is 0 Å². The lowest BCUT2D eigenvalue weighted by atomic mass is 9.77. The Bertz CT molecular complexity index is 1190. The molecule has 0 unspecified atom stereocenters. The fraction of sp³-hybridized carbons (Fsp3) is 0.154. The van der Waals surface area contributed by atoms with E-state index in [1.54, 1.807) is 0 Å². The predicted octanol–water partition coefficient (Wildman–Crippen LogP) is 4.91. The molecule has 1 aliphatic rings. The summed E-state index contributed by atoms with van der Waals surface area (Å²) in [5, 5.41) is 17.5. The van der Waals surface area contributed by atoms with Crippen LogP contribution in [-0.2, 0) is 15.2 Å². The Morgan fingerprint density at radius 2 is 1.41 bits per heavy atom. The molecule has 0 saturated heterocycles. The normalized spacial score (nSPS) is 13.9. The average molecular weight is 471 g/mol. The fourth-order valence-electron chi connectivity index (χ4n) is 3.79. The van der Waals surface area contributed by atoms with Crippen molar-refractivity contribution in [3.05, 3.63) is 114 Å². The molecule has 170 valence electrons. The van der Waals surface area contributed by atoms with E-state index in [0.29, 0.717) is 5.13 Å². The second-order valence-corrected chi connectivity index (χ2v) is 8.70. The van der Waals surface area contributed by atoms with E-state index < -0.39 is 11.5 Å². The number of aliphatic carboxylic acids is 1. The smallest absolute Gasteiger partial charge is 0.362 e. The van der Waals surface area contributed by atoms with Gasteiger partial charge in [0.15, 0.2) is 0 Å². The molecule has 4 aromatic rings. The SMILES string of the molecule is O=C(O)C(=NOC1CC1)c1nsc(NC(c2ccccc2)(c2ccccc2)c2ccccc2)n1. The number of nitrogens with zero attached hydrogens (tertiary/aromatic N) is 3. The third-order valence-electron chi connectivity index (χ3n) is 5.57. The van der Waals surface area contributed by atoms with Gasteiger partial charge in [0, 0.05) is 11.5 Å². The lowest BCUT2D eigenvalue weighted by Gasteiger charge is -2.36. The van der Waals surface area contributed by atoms with Crippen LogP contribution in [0.3, 0.4) is 0 Å². The van der Waals surface area contributed by atoms with Gasteiger partial charge in [-0.25, -0.2) is 4.79 Å². The van der Waals surface area contributed by atoms with Gasteiger partial charge < -0.3 is 15.3 Å². The van der Waals surface area contributed by atoms with Crippen molar-refractivity contribution in [1.29, 1.82) is 0 Å². The Morgan fingerprint density at radius 1 is 0.912 bits per heavy atom. The van der Waals surface area contributed by atoms with Gasteiger partial charge in [-0.15, -0.1) is 0 Å². The van der Waals surface area contributed by atoms with E-state index in [0.717, 1.165) is 41.1 Å². The molecule has 0 amide bonds. The summed E-state index contributed by atoms with van der Waals surface area (Å²) in [6.45, 7) is 0. The molecule has 2 N–H and O–H groups in total. The van der Waals surface area contributed by atoms with E-state index in [2.05, 4.69) is 56.2 Å². The van der Waals surface area contributed by atoms with Crippen molar-refractivity contribution in [1.82, 2.24) is 9.36 Å². The van der Waals surface area contributed by atoms with Gasteiger partial charge in [0.25, 0.3) is 0 Å². The van der Waals surface area contributed by atoms with Gasteiger partial charge in [-0.2, -0.15) is 9.36 Å². The second-order valence-electron chi connectivity index (χ2n) is 7.95. The molecule has 0 aliphatic heterocycles. The van der Waals surface area contributed by atoms with Crippen LogP contribution in [0.1, 0.15) is 35.4 Å². The van der Waals surface area contributed by atoms with E-state index >= 15 is 0 Å². The predicted molar refractivity (Wildman–Crippen MR) is 131 cm³/mol. The van der Waals surface area contributed by atoms with Crippen LogP contribution in [0.2, 0.25) is 0 Å². The van der Waals surface area contributed by atoms with Crippen LogP contribution < -0.4 is 5.32 Å². The van der Waals surface area contributed by atoms with Gasteiger partial charge in [-0.1, -0.05) is 96.2 Å². The zero-order chi connectivity index (χ0) is 23.4. The molecule has 0 radical (unpaired) electrons. The lowest BCUT2D eigenvalue weighted by Crippen LogP contribution is -2.38. The van der Waals surface area contributed by atoms with Crippen LogP contribution in [-0.4, -0.2) is 32.2 Å². The van der Waals surface area contributed by atoms with Gasteiger partial charge in [-0.05, 0) is 29.5 Å². The maximum Gasteiger partial charge on any atom is 0.362 e. The third-order valence-corrected chi connectivity index (χ3v) is 6.20. The average Bonchev–Trinajstić information content (AvgIpc) is 3.60. The number of rotatable bonds is 9. The van der Waals surface area contributed by atoms with Gasteiger partial charge in [0.1, 0.15) is 11.6 Å². The zero-order valence-corrected chi connectivity index (χ0v) is 19.0. The van der Waals surface area contributed by atoms with E-state index in [1.807, 2.05) is 54.6 Å². The monoisotopic (exact) mass is 470 g/mol. The Kier molecular flexibility index (Phi) is 6.05. The first-order valence-electron chi connectivity index (χ1n) is 10.9. The lowest BCUT2D eigenvalue weighted by molar-refractivity contribution is -0.129. The highest BCUT2D eigenvalue weighted by molar-refractivity contribution is 7.09. The summed E-state index contributed by atoms with van der Waals surface area (Å²) >= 11 is 1.08. The number of nitrogens with one attached hydrogen (secondary N) is 1. The maximum absolute atomic E-state index is 11.8. The zero-order valence-electron chi connectivity index (χ0n) is 18.2. The number of carboxylic acids is 1. The second kappa shape index (κ2) is 9.44. The van der Waals surface area contributed by atoms with Crippen LogP contribution in [0.4, 0.5) is 5.13 Å². The Labute approximate surface area is 200 Å². The molecular formula is C26H22N4O3S. The molecule has 34 heavy (non-hydrogen) atoms. The molecule has 7 nitrogen and oxygen atoms in total. The summed E-state index contributed by atoms with van der Waals surface area (Å²) in [7, 11) is 0. The molecule has 8 heteroatoms. The first-order valence-corrected chi connectivity index (χ1v) is 11.7. The van der Waals surface area contributed by atoms with Crippen molar-refractivity contribution in [3.8, 4) is 0 Å². The molecule has 1 aromatic heterocycles. The van der Waals surface area contributed by atoms with Crippen molar-refractivity contribution >= 4 is 28.3 Å². The summed E-state index contributed by atoms with van der Waals surface area (Å²) in [5.41, 5.74) is 1.93. The molecule has 1 aliphatic carbocycles. The van der Waals surface area contributed by atoms with Crippen molar-refractivity contribution in [2.75, 3.05) is 5.32 Å². The highest BCUT2D eigenvalue weighted by Gasteiger charge is 2.37. The topological polar surface area (TPSA) is 96.7 Å². The number of carbonyl (C=O) groups is 1. The molecule has 1 fully saturated rings. The minimum atomic E-state index is -1.23. The van der Waals surface area contributed by atoms with E-state index in [4.69, 9.17) is 4.84 Å². The number of hydrogen-bond donors (Lipinski definition) is 2. The Hall–Kier alpha value is -4.04. The summed E-state index contributed by atoms with van der Waals surface area (Å²) in [6, 6.07) is 30.2. The number of anilines is 1. The number of benzene rings is 3. The van der Waals surface area contributed by atoms with Gasteiger partial charge in [-0.3, -0.25) is 0 Å². The fourth-order valence-corrected chi connectivity index (χ4v) is 4.41. The van der Waals surface area contributed by atoms with Crippen LogP contribution >= 0.6 is 11.5 Å². The van der Waals surface area contributed by atoms with Crippen LogP contribution in [0.15, 0.2) is 96.2 Å². The first-order chi connectivity index (χ1) is 16.7. The molecule has 5 rings (SSSR count). The molecular weight excluding hydrogens is 448 g/mol. The standard InChI is InChI=1S/C26H22N4O3S/c31-24(32)22(29-33-21-16-17-21)23-27-25(34-30-23)28-26(18-10-4-1-5-11-18,19-12-6-2-7-13-19)20-14-8-3-9-15-20/h1-15,21H,16-17H2,(H,31,32)(H,27,28,30). The summed E-state index contributed by atoms with van der Waals surface area (Å²) in [6.07, 6.45) is 1.73. The molecule has 0 bridgehead atoms. The quantitative estimate of drug-likeness (QED) is 0.205. The molecule has 0 spiro atoms. The van der Waals surface area contributed by atoms with Crippen LogP contribution in [0.25, 0.3) is 0 Å². The molecule has 0 atom stereocenters. The summed E-state index contributed by atoms with van der Waals surface area (Å²) < 4.78 is 4.28. The van der Waals surface area contributed by atoms with E-state index in [9.17, 15) is 9.90 Å². The van der Waals surface area contributed by atoms with Crippen molar-refractivity contribution in [2.45, 2.75) is 24.5 Å². The Morgan fingerprint density at radius 3 is 1.85 bits per heavy atom.